The lowest BCUT2D eigenvalue weighted by Gasteiger charge is -1.95. The van der Waals surface area contributed by atoms with Crippen molar-refractivity contribution in [3.63, 3.8) is 0 Å². The molecule has 0 saturated carbocycles. The molecule has 0 heterocycles. The molecule has 0 aliphatic carbocycles. The quantitative estimate of drug-likeness (QED) is 0.260. The summed E-state index contributed by atoms with van der Waals surface area (Å²) in [4.78, 5) is 17.3. The summed E-state index contributed by atoms with van der Waals surface area (Å²) in [7, 11) is 1.19. The third-order valence-electron chi connectivity index (χ3n) is 0.798. The van der Waals surface area contributed by atoms with E-state index in [2.05, 4.69) is 14.6 Å². The van der Waals surface area contributed by atoms with E-state index in [4.69, 9.17) is 5.26 Å². The number of carbonyl (C=O) groups is 1. The molecule has 0 aromatic carbocycles. The molecule has 0 bridgehead atoms. The van der Waals surface area contributed by atoms with Crippen molar-refractivity contribution in [3.05, 3.63) is 0 Å². The molecule has 5 nitrogen and oxygen atoms in total. The second-order valence-corrected chi connectivity index (χ2v) is 1.42. The first kappa shape index (κ1) is 8.90. The minimum atomic E-state index is -0.786. The number of amides is 1. The number of rotatable bonds is 1. The van der Waals surface area contributed by atoms with Gasteiger partial charge in [-0.1, -0.05) is 6.92 Å². The van der Waals surface area contributed by atoms with Crippen molar-refractivity contribution in [2.45, 2.75) is 13.3 Å². The van der Waals surface area contributed by atoms with Gasteiger partial charge in [0.2, 0.25) is 5.90 Å². The summed E-state index contributed by atoms with van der Waals surface area (Å²) in [6.45, 7) is 1.68. The maximum atomic E-state index is 10.3. The van der Waals surface area contributed by atoms with Crippen LogP contribution in [0.15, 0.2) is 4.99 Å². The van der Waals surface area contributed by atoms with E-state index in [9.17, 15) is 4.79 Å². The van der Waals surface area contributed by atoms with Crippen molar-refractivity contribution in [2.75, 3.05) is 7.11 Å². The Labute approximate surface area is 58.2 Å². The molecule has 0 aromatic heterocycles. The molecule has 0 unspecified atom stereocenters. The fourth-order valence-corrected chi connectivity index (χ4v) is 0.311. The zero-order chi connectivity index (χ0) is 7.98. The summed E-state index contributed by atoms with van der Waals surface area (Å²) >= 11 is 0. The van der Waals surface area contributed by atoms with Crippen LogP contribution >= 0.6 is 0 Å². The number of aliphatic imine (C=N–C) groups is 1. The summed E-state index contributed by atoms with van der Waals surface area (Å²) in [6, 6.07) is 0. The second-order valence-electron chi connectivity index (χ2n) is 1.42. The van der Waals surface area contributed by atoms with Crippen molar-refractivity contribution < 1.29 is 19.7 Å². The van der Waals surface area contributed by atoms with E-state index in [0.717, 1.165) is 0 Å². The minimum Gasteiger partial charge on any atom is -0.451 e. The van der Waals surface area contributed by atoms with Crippen LogP contribution in [-0.4, -0.2) is 24.4 Å². The zero-order valence-corrected chi connectivity index (χ0v) is 5.83. The van der Waals surface area contributed by atoms with Gasteiger partial charge in [-0.2, -0.15) is 0 Å². The molecule has 0 aliphatic heterocycles. The molecule has 0 saturated heterocycles. The van der Waals surface area contributed by atoms with Crippen LogP contribution in [0.1, 0.15) is 13.3 Å². The molecule has 10 heavy (non-hydrogen) atoms. The predicted molar refractivity (Wildman–Crippen MR) is 33.8 cm³/mol. The summed E-state index contributed by atoms with van der Waals surface area (Å²) in [5.74, 6) is -0.0631. The fraction of sp³-hybridized carbons (Fsp3) is 0.600. The number of hydrogen-bond donors (Lipinski definition) is 1. The number of methoxy groups -OCH3 is 1. The van der Waals surface area contributed by atoms with Gasteiger partial charge in [0, 0.05) is 6.42 Å². The van der Waals surface area contributed by atoms with Gasteiger partial charge in [-0.3, -0.25) is 0 Å². The average Bonchev–Trinajstić information content (AvgIpc) is 1.99. The molecule has 0 spiro atoms. The fourth-order valence-electron chi connectivity index (χ4n) is 0.311. The maximum Gasteiger partial charge on any atom is 0.436 e. The van der Waals surface area contributed by atoms with Gasteiger partial charge in [0.15, 0.2) is 0 Å². The first-order chi connectivity index (χ1) is 4.74. The first-order valence-corrected chi connectivity index (χ1v) is 2.71. The molecule has 0 aromatic rings. The molecule has 0 aliphatic rings. The van der Waals surface area contributed by atoms with Gasteiger partial charge in [0.1, 0.15) is 0 Å². The summed E-state index contributed by atoms with van der Waals surface area (Å²) < 4.78 is 4.17. The van der Waals surface area contributed by atoms with E-state index in [1.165, 1.54) is 7.11 Å². The number of carbonyl (C=O) groups excluding carboxylic acids is 1. The molecule has 5 heteroatoms. The van der Waals surface area contributed by atoms with Gasteiger partial charge in [-0.05, 0) is 0 Å². The van der Waals surface area contributed by atoms with E-state index in [-0.39, 0.29) is 5.90 Å². The third kappa shape index (κ3) is 3.03. The highest BCUT2D eigenvalue weighted by Crippen LogP contribution is 1.89. The van der Waals surface area contributed by atoms with Crippen molar-refractivity contribution >= 4 is 12.0 Å². The third-order valence-corrected chi connectivity index (χ3v) is 0.798. The van der Waals surface area contributed by atoms with Gasteiger partial charge in [0.05, 0.1) is 7.11 Å². The predicted octanol–water partition coefficient (Wildman–Crippen LogP) is 1.05. The average molecular weight is 147 g/mol. The molecular formula is C5H9NO4. The van der Waals surface area contributed by atoms with Crippen molar-refractivity contribution in [1.82, 2.24) is 0 Å². The highest BCUT2D eigenvalue weighted by atomic mass is 17.1. The largest absolute Gasteiger partial charge is 0.451 e. The van der Waals surface area contributed by atoms with Gasteiger partial charge < -0.3 is 9.62 Å². The lowest BCUT2D eigenvalue weighted by Crippen LogP contribution is -2.04. The summed E-state index contributed by atoms with van der Waals surface area (Å²) in [5, 5.41) is 8.03. The first-order valence-electron chi connectivity index (χ1n) is 2.71. The Morgan fingerprint density at radius 1 is 1.70 bits per heavy atom. The maximum absolute atomic E-state index is 10.3. The Hall–Kier alpha value is -1.10. The molecule has 1 amide bonds. The van der Waals surface area contributed by atoms with Gasteiger partial charge in [0.25, 0.3) is 0 Å². The molecular weight excluding hydrogens is 138 g/mol. The minimum absolute atomic E-state index is 0.0631. The monoisotopic (exact) mass is 147 g/mol. The molecule has 0 fully saturated rings. The van der Waals surface area contributed by atoms with Crippen LogP contribution in [0.5, 0.6) is 0 Å². The van der Waals surface area contributed by atoms with Crippen LogP contribution in [0.25, 0.3) is 0 Å². The Bertz CT molecular complexity index is 137. The molecule has 0 radical (unpaired) electrons. The van der Waals surface area contributed by atoms with Crippen LogP contribution in [0.3, 0.4) is 0 Å². The van der Waals surface area contributed by atoms with E-state index < -0.39 is 6.09 Å². The Balaban J connectivity index is 3.96. The lowest BCUT2D eigenvalue weighted by molar-refractivity contribution is -0.157. The van der Waals surface area contributed by atoms with E-state index in [1.807, 2.05) is 0 Å². The highest BCUT2D eigenvalue weighted by molar-refractivity contribution is 5.87. The standard InChI is InChI=1S/C5H9NO4/c1-3-4(10-8)6-5(7)9-2/h8H,3H2,1-2H3. The van der Waals surface area contributed by atoms with E-state index >= 15 is 0 Å². The zero-order valence-electron chi connectivity index (χ0n) is 5.83. The molecule has 1 N–H and O–H groups in total. The lowest BCUT2D eigenvalue weighted by atomic mass is 10.5. The highest BCUT2D eigenvalue weighted by Gasteiger charge is 2.00. The van der Waals surface area contributed by atoms with Crippen molar-refractivity contribution in [3.8, 4) is 0 Å². The smallest absolute Gasteiger partial charge is 0.436 e. The molecule has 0 rings (SSSR count). The van der Waals surface area contributed by atoms with Crippen LogP contribution in [-0.2, 0) is 9.62 Å². The Kier molecular flexibility index (Phi) is 4.23. The number of hydrogen-bond acceptors (Lipinski definition) is 4. The number of nitrogens with zero attached hydrogens (tertiary/aromatic N) is 1. The normalized spacial score (nSPS) is 10.9. The summed E-state index contributed by atoms with van der Waals surface area (Å²) in [5.41, 5.74) is 0. The van der Waals surface area contributed by atoms with Crippen molar-refractivity contribution in [1.29, 1.82) is 0 Å². The van der Waals surface area contributed by atoms with E-state index in [0.29, 0.717) is 6.42 Å². The Morgan fingerprint density at radius 2 is 2.30 bits per heavy atom. The van der Waals surface area contributed by atoms with Gasteiger partial charge in [-0.25, -0.2) is 10.1 Å². The molecule has 0 atom stereocenters. The summed E-state index contributed by atoms with van der Waals surface area (Å²) in [6.07, 6.45) is -0.447. The Morgan fingerprint density at radius 3 is 2.60 bits per heavy atom. The molecule has 58 valence electrons. The van der Waals surface area contributed by atoms with Crippen LogP contribution in [0.2, 0.25) is 0 Å². The van der Waals surface area contributed by atoms with Crippen LogP contribution < -0.4 is 0 Å². The van der Waals surface area contributed by atoms with Crippen LogP contribution in [0.4, 0.5) is 4.79 Å². The van der Waals surface area contributed by atoms with Crippen LogP contribution in [0, 0.1) is 0 Å². The number of ether oxygens (including phenoxy) is 1. The van der Waals surface area contributed by atoms with E-state index in [1.54, 1.807) is 6.92 Å². The van der Waals surface area contributed by atoms with Crippen molar-refractivity contribution in [2.24, 2.45) is 4.99 Å². The second kappa shape index (κ2) is 4.75. The topological polar surface area (TPSA) is 68.1 Å². The SMILES string of the molecule is CCC(=NC(=O)OC)OO. The van der Waals surface area contributed by atoms with Gasteiger partial charge >= 0.3 is 6.09 Å². The van der Waals surface area contributed by atoms with Gasteiger partial charge in [-0.15, -0.1) is 4.99 Å².